The highest BCUT2D eigenvalue weighted by Crippen LogP contribution is 2.34. The van der Waals surface area contributed by atoms with Crippen molar-refractivity contribution in [2.75, 3.05) is 0 Å². The first-order chi connectivity index (χ1) is 9.37. The molecule has 4 nitrogen and oxygen atoms in total. The van der Waals surface area contributed by atoms with Crippen molar-refractivity contribution >= 4 is 21.7 Å². The maximum atomic E-state index is 12.5. The number of ketones is 1. The average Bonchev–Trinajstić information content (AvgIpc) is 2.70. The molecule has 1 fully saturated rings. The van der Waals surface area contributed by atoms with Crippen LogP contribution in [-0.2, 0) is 17.8 Å². The topological polar surface area (TPSA) is 55.1 Å². The van der Waals surface area contributed by atoms with Crippen LogP contribution in [0.15, 0.2) is 4.47 Å². The van der Waals surface area contributed by atoms with Crippen molar-refractivity contribution in [3.8, 4) is 0 Å². The largest absolute Gasteiger partial charge is 0.382 e. The molecule has 0 aromatic carbocycles. The third-order valence-electron chi connectivity index (χ3n) is 4.40. The Morgan fingerprint density at radius 3 is 2.65 bits per heavy atom. The van der Waals surface area contributed by atoms with Crippen molar-refractivity contribution in [1.29, 1.82) is 0 Å². The highest BCUT2D eigenvalue weighted by atomic mass is 79.9. The summed E-state index contributed by atoms with van der Waals surface area (Å²) in [5.41, 5.74) is 0.629. The van der Waals surface area contributed by atoms with Crippen LogP contribution in [0.5, 0.6) is 0 Å². The molecule has 1 N–H and O–H groups in total. The summed E-state index contributed by atoms with van der Waals surface area (Å²) in [6, 6.07) is 0. The van der Waals surface area contributed by atoms with Crippen molar-refractivity contribution in [3.63, 3.8) is 0 Å². The summed E-state index contributed by atoms with van der Waals surface area (Å²) >= 11 is 3.50. The molecule has 0 amide bonds. The fourth-order valence-corrected chi connectivity index (χ4v) is 3.30. The first-order valence-corrected chi connectivity index (χ1v) is 8.14. The second-order valence-corrected chi connectivity index (χ2v) is 6.77. The number of nitrogens with zero attached hydrogens (tertiary/aromatic N) is 2. The van der Waals surface area contributed by atoms with Gasteiger partial charge in [-0.15, -0.1) is 0 Å². The van der Waals surface area contributed by atoms with Gasteiger partial charge in [-0.2, -0.15) is 5.10 Å². The van der Waals surface area contributed by atoms with Gasteiger partial charge in [-0.3, -0.25) is 9.48 Å². The molecule has 0 radical (unpaired) electrons. The highest BCUT2D eigenvalue weighted by molar-refractivity contribution is 9.10. The maximum absolute atomic E-state index is 12.5. The minimum Gasteiger partial charge on any atom is -0.382 e. The van der Waals surface area contributed by atoms with Crippen LogP contribution in [0.1, 0.15) is 50.9 Å². The van der Waals surface area contributed by atoms with E-state index in [1.54, 1.807) is 0 Å². The van der Waals surface area contributed by atoms with Crippen molar-refractivity contribution in [1.82, 2.24) is 9.78 Å². The van der Waals surface area contributed by atoms with Crippen LogP contribution in [0.2, 0.25) is 0 Å². The lowest BCUT2D eigenvalue weighted by Gasteiger charge is -2.33. The Morgan fingerprint density at radius 2 is 2.10 bits per heavy atom. The third kappa shape index (κ3) is 2.98. The monoisotopic (exact) mass is 342 g/mol. The molecule has 20 heavy (non-hydrogen) atoms. The van der Waals surface area contributed by atoms with Crippen LogP contribution in [0, 0.1) is 12.8 Å². The van der Waals surface area contributed by atoms with E-state index >= 15 is 0 Å². The lowest BCUT2D eigenvalue weighted by Crippen LogP contribution is -2.43. The van der Waals surface area contributed by atoms with E-state index in [2.05, 4.69) is 28.0 Å². The zero-order valence-electron chi connectivity index (χ0n) is 12.4. The van der Waals surface area contributed by atoms with E-state index in [0.717, 1.165) is 35.2 Å². The summed E-state index contributed by atoms with van der Waals surface area (Å²) in [6.07, 6.45) is 3.28. The van der Waals surface area contributed by atoms with Gasteiger partial charge in [0.05, 0.1) is 22.3 Å². The fraction of sp³-hybridized carbons (Fsp3) is 0.733. The van der Waals surface area contributed by atoms with E-state index < -0.39 is 5.60 Å². The van der Waals surface area contributed by atoms with Gasteiger partial charge in [0.1, 0.15) is 5.60 Å². The minimum absolute atomic E-state index is 0.0697. The van der Waals surface area contributed by atoms with Crippen LogP contribution in [-0.4, -0.2) is 26.3 Å². The molecule has 1 aliphatic carbocycles. The van der Waals surface area contributed by atoms with Crippen LogP contribution in [0.4, 0.5) is 0 Å². The Labute approximate surface area is 128 Å². The van der Waals surface area contributed by atoms with Gasteiger partial charge in [-0.25, -0.2) is 0 Å². The van der Waals surface area contributed by atoms with E-state index in [1.165, 1.54) is 0 Å². The zero-order valence-corrected chi connectivity index (χ0v) is 14.0. The average molecular weight is 343 g/mol. The molecule has 0 aliphatic heterocycles. The SMILES string of the molecule is CCn1nc(C)c(Br)c1CC(=O)C1(O)CCC(C)CC1. The molecule has 0 saturated heterocycles. The predicted molar refractivity (Wildman–Crippen MR) is 81.6 cm³/mol. The number of hydrogen-bond acceptors (Lipinski definition) is 3. The molecule has 1 saturated carbocycles. The molecule has 2 rings (SSSR count). The van der Waals surface area contributed by atoms with Gasteiger partial charge in [-0.05, 0) is 61.4 Å². The fourth-order valence-electron chi connectivity index (χ4n) is 2.87. The first-order valence-electron chi connectivity index (χ1n) is 7.35. The van der Waals surface area contributed by atoms with Gasteiger partial charge in [-0.1, -0.05) is 6.92 Å². The van der Waals surface area contributed by atoms with Gasteiger partial charge < -0.3 is 5.11 Å². The van der Waals surface area contributed by atoms with Gasteiger partial charge in [0, 0.05) is 6.54 Å². The zero-order chi connectivity index (χ0) is 14.9. The van der Waals surface area contributed by atoms with E-state index in [4.69, 9.17) is 0 Å². The van der Waals surface area contributed by atoms with Gasteiger partial charge in [0.25, 0.3) is 0 Å². The van der Waals surface area contributed by atoms with Gasteiger partial charge in [0.15, 0.2) is 5.78 Å². The number of carbonyl (C=O) groups is 1. The van der Waals surface area contributed by atoms with Crippen molar-refractivity contribution in [3.05, 3.63) is 15.9 Å². The Bertz CT molecular complexity index is 502. The molecule has 1 aromatic heterocycles. The molecule has 5 heteroatoms. The van der Waals surface area contributed by atoms with Crippen LogP contribution in [0.25, 0.3) is 0 Å². The smallest absolute Gasteiger partial charge is 0.170 e. The Morgan fingerprint density at radius 1 is 1.50 bits per heavy atom. The third-order valence-corrected chi connectivity index (χ3v) is 5.43. The number of Topliss-reactive ketones (excluding diaryl/α,β-unsaturated/α-hetero) is 1. The lowest BCUT2D eigenvalue weighted by molar-refractivity contribution is -0.140. The van der Waals surface area contributed by atoms with Crippen molar-refractivity contribution in [2.24, 2.45) is 5.92 Å². The molecule has 0 unspecified atom stereocenters. The normalized spacial score (nSPS) is 26.8. The van der Waals surface area contributed by atoms with E-state index in [-0.39, 0.29) is 12.2 Å². The van der Waals surface area contributed by atoms with Crippen LogP contribution in [0.3, 0.4) is 0 Å². The number of rotatable bonds is 4. The number of aliphatic hydroxyl groups is 1. The Hall–Kier alpha value is -0.680. The Balaban J connectivity index is 2.16. The summed E-state index contributed by atoms with van der Waals surface area (Å²) < 4.78 is 2.73. The van der Waals surface area contributed by atoms with E-state index in [9.17, 15) is 9.90 Å². The molecule has 1 aromatic rings. The van der Waals surface area contributed by atoms with Crippen LogP contribution >= 0.6 is 15.9 Å². The minimum atomic E-state index is -1.14. The number of aromatic nitrogens is 2. The summed E-state index contributed by atoms with van der Waals surface area (Å²) in [5.74, 6) is 0.540. The predicted octanol–water partition coefficient (Wildman–Crippen LogP) is 3.03. The Kier molecular flexibility index (Phi) is 4.69. The second-order valence-electron chi connectivity index (χ2n) is 5.98. The summed E-state index contributed by atoms with van der Waals surface area (Å²) in [5, 5.41) is 15.0. The summed E-state index contributed by atoms with van der Waals surface area (Å²) in [7, 11) is 0. The van der Waals surface area contributed by atoms with Crippen molar-refractivity contribution in [2.45, 2.75) is 65.0 Å². The quantitative estimate of drug-likeness (QED) is 0.914. The highest BCUT2D eigenvalue weighted by Gasteiger charge is 2.39. The summed E-state index contributed by atoms with van der Waals surface area (Å²) in [6.45, 7) is 6.83. The van der Waals surface area contributed by atoms with Crippen molar-refractivity contribution < 1.29 is 9.90 Å². The standard InChI is InChI=1S/C15H23BrN2O2/c1-4-18-12(14(16)11(3)17-18)9-13(19)15(20)7-5-10(2)6-8-15/h10,20H,4-9H2,1-3H3. The lowest BCUT2D eigenvalue weighted by atomic mass is 9.76. The molecular formula is C15H23BrN2O2. The maximum Gasteiger partial charge on any atom is 0.170 e. The second kappa shape index (κ2) is 5.98. The summed E-state index contributed by atoms with van der Waals surface area (Å²) in [4.78, 5) is 12.5. The molecule has 0 spiro atoms. The molecule has 0 bridgehead atoms. The number of carbonyl (C=O) groups excluding carboxylic acids is 1. The van der Waals surface area contributed by atoms with E-state index in [1.807, 2.05) is 18.5 Å². The molecule has 112 valence electrons. The van der Waals surface area contributed by atoms with Gasteiger partial charge >= 0.3 is 0 Å². The van der Waals surface area contributed by atoms with Gasteiger partial charge in [0.2, 0.25) is 0 Å². The first kappa shape index (κ1) is 15.7. The van der Waals surface area contributed by atoms with Crippen LogP contribution < -0.4 is 0 Å². The number of aryl methyl sites for hydroxylation is 2. The molecule has 1 heterocycles. The number of halogens is 1. The molecule has 0 atom stereocenters. The molecular weight excluding hydrogens is 320 g/mol. The molecule has 1 aliphatic rings. The number of hydrogen-bond donors (Lipinski definition) is 1. The van der Waals surface area contributed by atoms with E-state index in [0.29, 0.717) is 18.8 Å².